The van der Waals surface area contributed by atoms with E-state index in [9.17, 15) is 18.3 Å². The van der Waals surface area contributed by atoms with Crippen molar-refractivity contribution in [1.29, 1.82) is 0 Å². The van der Waals surface area contributed by atoms with Crippen molar-refractivity contribution >= 4 is 15.8 Å². The molecule has 1 aliphatic heterocycles. The van der Waals surface area contributed by atoms with Crippen molar-refractivity contribution in [2.75, 3.05) is 13.7 Å². The van der Waals surface area contributed by atoms with Crippen LogP contribution in [0.5, 0.6) is 11.5 Å². The van der Waals surface area contributed by atoms with Crippen molar-refractivity contribution in [3.05, 3.63) is 64.7 Å². The number of carbonyl (C=O) groups excluding carboxylic acids is 1. The molecule has 2 aromatic rings. The van der Waals surface area contributed by atoms with E-state index in [4.69, 9.17) is 4.74 Å². The highest BCUT2D eigenvalue weighted by Crippen LogP contribution is 2.58. The number of methoxy groups -OCH3 is 1. The molecular formula is C25H27NO5S. The third kappa shape index (κ3) is 2.87. The summed E-state index contributed by atoms with van der Waals surface area (Å²) in [6, 6.07) is 10.2. The summed E-state index contributed by atoms with van der Waals surface area (Å²) in [5, 5.41) is 11.1. The topological polar surface area (TPSA) is 83.9 Å². The summed E-state index contributed by atoms with van der Waals surface area (Å²) in [4.78, 5) is 13.1. The molecule has 0 radical (unpaired) electrons. The van der Waals surface area contributed by atoms with Gasteiger partial charge in [-0.2, -0.15) is 4.31 Å². The average molecular weight is 454 g/mol. The van der Waals surface area contributed by atoms with Gasteiger partial charge >= 0.3 is 0 Å². The number of rotatable bonds is 3. The maximum Gasteiger partial charge on any atom is 0.243 e. The number of piperidine rings is 1. The van der Waals surface area contributed by atoms with Gasteiger partial charge in [0.1, 0.15) is 0 Å². The van der Waals surface area contributed by atoms with E-state index in [2.05, 4.69) is 0 Å². The van der Waals surface area contributed by atoms with Crippen LogP contribution in [-0.2, 0) is 26.7 Å². The molecule has 7 heteroatoms. The summed E-state index contributed by atoms with van der Waals surface area (Å²) in [6.07, 6.45) is 3.14. The van der Waals surface area contributed by atoms with Gasteiger partial charge in [-0.1, -0.05) is 29.8 Å². The largest absolute Gasteiger partial charge is 0.504 e. The number of Topliss-reactive ketones (excluding diaryl/α,β-unsaturated/α-hetero) is 1. The summed E-state index contributed by atoms with van der Waals surface area (Å²) >= 11 is 0. The van der Waals surface area contributed by atoms with E-state index in [0.29, 0.717) is 30.7 Å². The number of nitrogens with zero attached hydrogens (tertiary/aromatic N) is 1. The van der Waals surface area contributed by atoms with Crippen molar-refractivity contribution in [1.82, 2.24) is 4.31 Å². The van der Waals surface area contributed by atoms with Gasteiger partial charge in [0.25, 0.3) is 0 Å². The monoisotopic (exact) mass is 453 g/mol. The summed E-state index contributed by atoms with van der Waals surface area (Å²) < 4.78 is 34.3. The maximum atomic E-state index is 13.7. The van der Waals surface area contributed by atoms with Crippen LogP contribution in [0.4, 0.5) is 0 Å². The zero-order chi connectivity index (χ0) is 22.8. The molecule has 2 unspecified atom stereocenters. The molecule has 1 N–H and O–H groups in total. The number of ketones is 1. The highest BCUT2D eigenvalue weighted by Gasteiger charge is 2.58. The molecule has 6 nitrogen and oxygen atoms in total. The van der Waals surface area contributed by atoms with Crippen LogP contribution in [0, 0.1) is 12.8 Å². The van der Waals surface area contributed by atoms with Crippen LogP contribution in [0.3, 0.4) is 0 Å². The molecule has 1 saturated heterocycles. The Morgan fingerprint density at radius 3 is 2.53 bits per heavy atom. The summed E-state index contributed by atoms with van der Waals surface area (Å²) in [7, 11) is -2.20. The van der Waals surface area contributed by atoms with Crippen molar-refractivity contribution in [3.8, 4) is 11.5 Å². The average Bonchev–Trinajstić information content (AvgIpc) is 2.74. The van der Waals surface area contributed by atoms with Crippen LogP contribution in [0.25, 0.3) is 0 Å². The third-order valence-electron chi connectivity index (χ3n) is 7.55. The zero-order valence-corrected chi connectivity index (χ0v) is 19.3. The SMILES string of the molecule is COc1ccc2c(c1O)[C@@]13CCN(S(=O)(=O)c4ccc(C)cc4)C(C2)C1C=C(C)C(=O)C3. The summed E-state index contributed by atoms with van der Waals surface area (Å²) in [5.74, 6) is 0.303. The number of allylic oxidation sites excluding steroid dienone is 1. The fourth-order valence-electron chi connectivity index (χ4n) is 5.94. The normalized spacial score (nSPS) is 27.3. The number of hydrogen-bond acceptors (Lipinski definition) is 5. The minimum atomic E-state index is -3.71. The predicted molar refractivity (Wildman–Crippen MR) is 120 cm³/mol. The molecule has 3 atom stereocenters. The maximum absolute atomic E-state index is 13.7. The van der Waals surface area contributed by atoms with Crippen LogP contribution >= 0.6 is 0 Å². The van der Waals surface area contributed by atoms with E-state index < -0.39 is 15.4 Å². The Morgan fingerprint density at radius 1 is 1.12 bits per heavy atom. The molecule has 5 rings (SSSR count). The van der Waals surface area contributed by atoms with Crippen LogP contribution in [-0.4, -0.2) is 43.3 Å². The minimum Gasteiger partial charge on any atom is -0.504 e. The fourth-order valence-corrected chi connectivity index (χ4v) is 7.58. The molecule has 0 saturated carbocycles. The van der Waals surface area contributed by atoms with Gasteiger partial charge in [0, 0.05) is 35.9 Å². The van der Waals surface area contributed by atoms with Crippen LogP contribution in [0.1, 0.15) is 36.5 Å². The fraction of sp³-hybridized carbons (Fsp3) is 0.400. The van der Waals surface area contributed by atoms with Crippen LogP contribution < -0.4 is 4.74 Å². The first-order chi connectivity index (χ1) is 15.2. The van der Waals surface area contributed by atoms with Crippen molar-refractivity contribution in [2.24, 2.45) is 5.92 Å². The van der Waals surface area contributed by atoms with Gasteiger partial charge in [0.2, 0.25) is 10.0 Å². The number of carbonyl (C=O) groups is 1. The second kappa shape index (κ2) is 7.18. The standard InChI is InChI=1S/C25H27NO5S/c1-15-4-7-18(8-5-15)32(29,30)26-11-10-25-14-21(27)16(2)12-19(25)20(26)13-17-6-9-22(31-3)24(28)23(17)25/h4-9,12,19-20,28H,10-11,13-14H2,1-3H3/t19?,20?,25-/m1/s1. The number of aryl methyl sites for hydroxylation is 1. The number of fused-ring (bicyclic) bond motifs is 1. The highest BCUT2D eigenvalue weighted by molar-refractivity contribution is 7.89. The number of phenolic OH excluding ortho intramolecular Hbond substituents is 1. The summed E-state index contributed by atoms with van der Waals surface area (Å²) in [6.45, 7) is 4.02. The van der Waals surface area contributed by atoms with Gasteiger partial charge in [-0.25, -0.2) is 8.42 Å². The molecule has 2 bridgehead atoms. The number of benzene rings is 2. The molecule has 2 aromatic carbocycles. The van der Waals surface area contributed by atoms with Gasteiger partial charge in [-0.15, -0.1) is 0 Å². The lowest BCUT2D eigenvalue weighted by Crippen LogP contribution is -2.62. The lowest BCUT2D eigenvalue weighted by atomic mass is 9.53. The number of hydrogen-bond donors (Lipinski definition) is 1. The first-order valence-electron chi connectivity index (χ1n) is 10.9. The van der Waals surface area contributed by atoms with E-state index in [1.165, 1.54) is 7.11 Å². The van der Waals surface area contributed by atoms with Gasteiger partial charge in [-0.3, -0.25) is 4.79 Å². The Balaban J connectivity index is 1.69. The number of aromatic hydroxyl groups is 1. The first-order valence-corrected chi connectivity index (χ1v) is 12.3. The van der Waals surface area contributed by atoms with Gasteiger partial charge in [0.15, 0.2) is 17.3 Å². The molecule has 0 aromatic heterocycles. The van der Waals surface area contributed by atoms with Crippen LogP contribution in [0.15, 0.2) is 52.9 Å². The first kappa shape index (κ1) is 21.2. The number of phenols is 1. The molecule has 168 valence electrons. The lowest BCUT2D eigenvalue weighted by molar-refractivity contribution is -0.119. The van der Waals surface area contributed by atoms with E-state index in [0.717, 1.165) is 16.7 Å². The van der Waals surface area contributed by atoms with E-state index in [1.54, 1.807) is 29.4 Å². The van der Waals surface area contributed by atoms with Crippen molar-refractivity contribution in [2.45, 2.75) is 49.5 Å². The van der Waals surface area contributed by atoms with Gasteiger partial charge < -0.3 is 9.84 Å². The molecular weight excluding hydrogens is 426 g/mol. The Labute approximate surface area is 188 Å². The molecule has 1 fully saturated rings. The van der Waals surface area contributed by atoms with E-state index in [-0.39, 0.29) is 34.8 Å². The van der Waals surface area contributed by atoms with Gasteiger partial charge in [0.05, 0.1) is 12.0 Å². The molecule has 0 amide bonds. The molecule has 3 aliphatic rings. The second-order valence-electron chi connectivity index (χ2n) is 9.23. The Morgan fingerprint density at radius 2 is 1.84 bits per heavy atom. The van der Waals surface area contributed by atoms with E-state index >= 15 is 0 Å². The molecule has 2 aliphatic carbocycles. The predicted octanol–water partition coefficient (Wildman–Crippen LogP) is 3.50. The minimum absolute atomic E-state index is 0.0462. The van der Waals surface area contributed by atoms with Crippen LogP contribution in [0.2, 0.25) is 0 Å². The summed E-state index contributed by atoms with van der Waals surface area (Å²) in [5.41, 5.74) is 2.67. The Bertz CT molecular complexity index is 1250. The number of ether oxygens (including phenoxy) is 1. The van der Waals surface area contributed by atoms with E-state index in [1.807, 2.05) is 31.2 Å². The van der Waals surface area contributed by atoms with Crippen molar-refractivity contribution in [3.63, 3.8) is 0 Å². The van der Waals surface area contributed by atoms with Gasteiger partial charge in [-0.05, 0) is 56.0 Å². The lowest BCUT2D eigenvalue weighted by Gasteiger charge is -2.56. The quantitative estimate of drug-likeness (QED) is 0.769. The zero-order valence-electron chi connectivity index (χ0n) is 18.5. The van der Waals surface area contributed by atoms with Crippen molar-refractivity contribution < 1.29 is 23.1 Å². The Hall–Kier alpha value is -2.64. The number of sulfonamides is 1. The third-order valence-corrected chi connectivity index (χ3v) is 9.49. The second-order valence-corrected chi connectivity index (χ2v) is 11.1. The smallest absolute Gasteiger partial charge is 0.243 e. The Kier molecular flexibility index (Phi) is 4.76. The molecule has 32 heavy (non-hydrogen) atoms. The molecule has 0 spiro atoms. The molecule has 1 heterocycles. The highest BCUT2D eigenvalue weighted by atomic mass is 32.2.